The second kappa shape index (κ2) is 8.87. The second-order valence-corrected chi connectivity index (χ2v) is 6.60. The summed E-state index contributed by atoms with van der Waals surface area (Å²) in [6.45, 7) is 5.49. The summed E-state index contributed by atoms with van der Waals surface area (Å²) in [5.41, 5.74) is 1.78. The maximum Gasteiger partial charge on any atom is 0.328 e. The van der Waals surface area contributed by atoms with Crippen LogP contribution >= 0.6 is 23.4 Å². The summed E-state index contributed by atoms with van der Waals surface area (Å²) in [5, 5.41) is 11.7. The van der Waals surface area contributed by atoms with E-state index in [9.17, 15) is 9.59 Å². The van der Waals surface area contributed by atoms with Gasteiger partial charge < -0.3 is 10.1 Å². The fraction of sp³-hybridized carbons (Fsp3) is 0.375. The Morgan fingerprint density at radius 2 is 2.20 bits per heavy atom. The van der Waals surface area contributed by atoms with Gasteiger partial charge >= 0.3 is 5.97 Å². The predicted octanol–water partition coefficient (Wildman–Crippen LogP) is 2.39. The average Bonchev–Trinajstić information content (AvgIpc) is 3.04. The Labute approximate surface area is 155 Å². The maximum absolute atomic E-state index is 12.0. The number of nitrogens with one attached hydrogen (secondary N) is 1. The zero-order chi connectivity index (χ0) is 18.4. The minimum absolute atomic E-state index is 0.0992. The molecule has 2 aromatic rings. The fourth-order valence-corrected chi connectivity index (χ4v) is 2.89. The Kier molecular flexibility index (Phi) is 6.83. The van der Waals surface area contributed by atoms with Crippen LogP contribution in [0.25, 0.3) is 5.69 Å². The third-order valence-electron chi connectivity index (χ3n) is 3.30. The van der Waals surface area contributed by atoms with Gasteiger partial charge in [-0.15, -0.1) is 10.2 Å². The van der Waals surface area contributed by atoms with E-state index in [1.165, 1.54) is 11.8 Å². The molecule has 0 saturated carbocycles. The average molecular weight is 383 g/mol. The lowest BCUT2D eigenvalue weighted by molar-refractivity contribution is -0.146. The first-order valence-corrected chi connectivity index (χ1v) is 9.04. The van der Waals surface area contributed by atoms with E-state index < -0.39 is 12.0 Å². The highest BCUT2D eigenvalue weighted by Crippen LogP contribution is 2.23. The first-order valence-electron chi connectivity index (χ1n) is 7.67. The predicted molar refractivity (Wildman–Crippen MR) is 96.1 cm³/mol. The molecule has 1 amide bonds. The monoisotopic (exact) mass is 382 g/mol. The minimum atomic E-state index is -0.693. The SMILES string of the molecule is CCOC(=O)C(C)NC(=O)CSc1nncn1-c1ccc(C)c(Cl)c1. The molecule has 0 spiro atoms. The highest BCUT2D eigenvalue weighted by atomic mass is 35.5. The summed E-state index contributed by atoms with van der Waals surface area (Å²) in [5.74, 6) is -0.650. The number of halogens is 1. The Hall–Kier alpha value is -2.06. The normalized spacial score (nSPS) is 11.8. The van der Waals surface area contributed by atoms with E-state index in [2.05, 4.69) is 15.5 Å². The van der Waals surface area contributed by atoms with Crippen molar-refractivity contribution < 1.29 is 14.3 Å². The lowest BCUT2D eigenvalue weighted by Gasteiger charge is -2.12. The Balaban J connectivity index is 1.98. The van der Waals surface area contributed by atoms with Crippen LogP contribution in [0.5, 0.6) is 0 Å². The van der Waals surface area contributed by atoms with Crippen LogP contribution in [0, 0.1) is 6.92 Å². The third-order valence-corrected chi connectivity index (χ3v) is 4.65. The molecule has 1 aromatic heterocycles. The molecule has 0 radical (unpaired) electrons. The lowest BCUT2D eigenvalue weighted by atomic mass is 10.2. The molecule has 0 fully saturated rings. The number of ether oxygens (including phenoxy) is 1. The van der Waals surface area contributed by atoms with E-state index >= 15 is 0 Å². The lowest BCUT2D eigenvalue weighted by Crippen LogP contribution is -2.40. The molecule has 0 bridgehead atoms. The van der Waals surface area contributed by atoms with Crippen LogP contribution in [0.15, 0.2) is 29.7 Å². The molecule has 9 heteroatoms. The molecule has 0 saturated heterocycles. The van der Waals surface area contributed by atoms with Crippen LogP contribution in [0.4, 0.5) is 0 Å². The van der Waals surface area contributed by atoms with E-state index in [0.29, 0.717) is 10.2 Å². The van der Waals surface area contributed by atoms with Gasteiger partial charge in [-0.25, -0.2) is 4.79 Å². The Bertz CT molecular complexity index is 766. The Morgan fingerprint density at radius 3 is 2.88 bits per heavy atom. The molecule has 1 atom stereocenters. The zero-order valence-electron chi connectivity index (χ0n) is 14.2. The van der Waals surface area contributed by atoms with Gasteiger partial charge in [-0.3, -0.25) is 9.36 Å². The minimum Gasteiger partial charge on any atom is -0.464 e. The summed E-state index contributed by atoms with van der Waals surface area (Å²) >= 11 is 7.37. The van der Waals surface area contributed by atoms with Crippen LogP contribution in [-0.2, 0) is 14.3 Å². The number of rotatable bonds is 7. The highest BCUT2D eigenvalue weighted by molar-refractivity contribution is 7.99. The number of thioether (sulfide) groups is 1. The van der Waals surface area contributed by atoms with E-state index in [1.54, 1.807) is 24.7 Å². The number of esters is 1. The molecular formula is C16H19ClN4O3S. The van der Waals surface area contributed by atoms with Crippen molar-refractivity contribution in [2.75, 3.05) is 12.4 Å². The summed E-state index contributed by atoms with van der Waals surface area (Å²) in [6.07, 6.45) is 1.56. The van der Waals surface area contributed by atoms with Gasteiger partial charge in [0.25, 0.3) is 0 Å². The number of hydrogen-bond donors (Lipinski definition) is 1. The van der Waals surface area contributed by atoms with Crippen LogP contribution in [0.3, 0.4) is 0 Å². The Morgan fingerprint density at radius 1 is 1.44 bits per heavy atom. The third kappa shape index (κ3) is 5.20. The number of hydrogen-bond acceptors (Lipinski definition) is 6. The molecule has 7 nitrogen and oxygen atoms in total. The quantitative estimate of drug-likeness (QED) is 0.584. The van der Waals surface area contributed by atoms with Crippen molar-refractivity contribution >= 4 is 35.2 Å². The van der Waals surface area contributed by atoms with Crippen molar-refractivity contribution in [3.05, 3.63) is 35.1 Å². The van der Waals surface area contributed by atoms with Gasteiger partial charge in [-0.2, -0.15) is 0 Å². The van der Waals surface area contributed by atoms with Crippen LogP contribution in [0.2, 0.25) is 5.02 Å². The molecule has 134 valence electrons. The van der Waals surface area contributed by atoms with Gasteiger partial charge in [-0.05, 0) is 38.5 Å². The smallest absolute Gasteiger partial charge is 0.328 e. The van der Waals surface area contributed by atoms with Gasteiger partial charge in [0.2, 0.25) is 5.91 Å². The van der Waals surface area contributed by atoms with Crippen molar-refractivity contribution in [2.45, 2.75) is 32.0 Å². The largest absolute Gasteiger partial charge is 0.464 e. The van der Waals surface area contributed by atoms with Crippen LogP contribution in [0.1, 0.15) is 19.4 Å². The number of carbonyl (C=O) groups excluding carboxylic acids is 2. The number of amides is 1. The van der Waals surface area contributed by atoms with E-state index in [4.69, 9.17) is 16.3 Å². The van der Waals surface area contributed by atoms with Crippen molar-refractivity contribution in [3.63, 3.8) is 0 Å². The van der Waals surface area contributed by atoms with Gasteiger partial charge in [0, 0.05) is 5.02 Å². The molecule has 1 N–H and O–H groups in total. The van der Waals surface area contributed by atoms with Gasteiger partial charge in [-0.1, -0.05) is 29.4 Å². The van der Waals surface area contributed by atoms with E-state index in [-0.39, 0.29) is 18.3 Å². The summed E-state index contributed by atoms with van der Waals surface area (Å²) < 4.78 is 6.60. The maximum atomic E-state index is 12.0. The second-order valence-electron chi connectivity index (χ2n) is 5.25. The van der Waals surface area contributed by atoms with Crippen molar-refractivity contribution in [1.82, 2.24) is 20.1 Å². The number of nitrogens with zero attached hydrogens (tertiary/aromatic N) is 3. The van der Waals surface area contributed by atoms with Crippen LogP contribution < -0.4 is 5.32 Å². The van der Waals surface area contributed by atoms with Crippen LogP contribution in [-0.4, -0.2) is 45.0 Å². The summed E-state index contributed by atoms with van der Waals surface area (Å²) in [7, 11) is 0. The first-order chi connectivity index (χ1) is 11.9. The molecular weight excluding hydrogens is 364 g/mol. The highest BCUT2D eigenvalue weighted by Gasteiger charge is 2.17. The number of aromatic nitrogens is 3. The van der Waals surface area contributed by atoms with Crippen molar-refractivity contribution in [3.8, 4) is 5.69 Å². The van der Waals surface area contributed by atoms with Gasteiger partial charge in [0.15, 0.2) is 5.16 Å². The molecule has 1 unspecified atom stereocenters. The molecule has 2 rings (SSSR count). The van der Waals surface area contributed by atoms with Gasteiger partial charge in [0.1, 0.15) is 12.4 Å². The number of carbonyl (C=O) groups is 2. The van der Waals surface area contributed by atoms with Crippen molar-refractivity contribution in [1.29, 1.82) is 0 Å². The number of aryl methyl sites for hydroxylation is 1. The molecule has 0 aliphatic heterocycles. The van der Waals surface area contributed by atoms with Gasteiger partial charge in [0.05, 0.1) is 18.0 Å². The molecule has 1 aromatic carbocycles. The standard InChI is InChI=1S/C16H19ClN4O3S/c1-4-24-15(23)11(3)19-14(22)8-25-16-20-18-9-21(16)12-6-5-10(2)13(17)7-12/h5-7,9,11H,4,8H2,1-3H3,(H,19,22). The summed E-state index contributed by atoms with van der Waals surface area (Å²) in [4.78, 5) is 23.5. The summed E-state index contributed by atoms with van der Waals surface area (Å²) in [6, 6.07) is 4.92. The molecule has 0 aliphatic rings. The number of benzene rings is 1. The fourth-order valence-electron chi connectivity index (χ4n) is 1.97. The zero-order valence-corrected chi connectivity index (χ0v) is 15.7. The first kappa shape index (κ1) is 19.3. The van der Waals surface area contributed by atoms with E-state index in [1.807, 2.05) is 25.1 Å². The molecule has 0 aliphatic carbocycles. The molecule has 25 heavy (non-hydrogen) atoms. The van der Waals surface area contributed by atoms with E-state index in [0.717, 1.165) is 11.3 Å². The molecule has 1 heterocycles. The topological polar surface area (TPSA) is 86.1 Å². The van der Waals surface area contributed by atoms with Crippen molar-refractivity contribution in [2.24, 2.45) is 0 Å².